The van der Waals surface area contributed by atoms with Gasteiger partial charge < -0.3 is 23.7 Å². The molecule has 3 rings (SSSR count). The summed E-state index contributed by atoms with van der Waals surface area (Å²) in [6, 6.07) is 8.52. The van der Waals surface area contributed by atoms with Crippen LogP contribution in [0.3, 0.4) is 0 Å². The van der Waals surface area contributed by atoms with Crippen LogP contribution in [0.2, 0.25) is 0 Å². The Kier molecular flexibility index (Phi) is 4.80. The fourth-order valence-corrected chi connectivity index (χ4v) is 2.70. The summed E-state index contributed by atoms with van der Waals surface area (Å²) >= 11 is 3.44. The molecule has 0 amide bonds. The van der Waals surface area contributed by atoms with E-state index in [1.807, 2.05) is 0 Å². The molecule has 0 atom stereocenters. The van der Waals surface area contributed by atoms with E-state index in [2.05, 4.69) is 15.9 Å². The number of hydrogen-bond acceptors (Lipinski definition) is 6. The zero-order chi connectivity index (χ0) is 17.1. The van der Waals surface area contributed by atoms with Crippen molar-refractivity contribution in [3.05, 3.63) is 45.9 Å². The highest BCUT2D eigenvalue weighted by Crippen LogP contribution is 2.37. The lowest BCUT2D eigenvalue weighted by molar-refractivity contribution is 0.0467. The molecule has 0 N–H and O–H groups in total. The van der Waals surface area contributed by atoms with E-state index in [1.54, 1.807) is 30.3 Å². The molecule has 1 heterocycles. The summed E-state index contributed by atoms with van der Waals surface area (Å²) in [5.74, 6) is 1.75. The second-order valence-corrected chi connectivity index (χ2v) is 5.79. The summed E-state index contributed by atoms with van der Waals surface area (Å²) in [5, 5.41) is 0. The van der Waals surface area contributed by atoms with Gasteiger partial charge in [0.2, 0.25) is 6.79 Å². The van der Waals surface area contributed by atoms with Crippen molar-refractivity contribution in [3.8, 4) is 23.0 Å². The zero-order valence-electron chi connectivity index (χ0n) is 13.1. The van der Waals surface area contributed by atoms with Crippen LogP contribution in [0.15, 0.2) is 34.8 Å². The molecule has 0 spiro atoms. The number of ether oxygens (including phenoxy) is 5. The molecule has 0 saturated heterocycles. The van der Waals surface area contributed by atoms with Gasteiger partial charge in [0, 0.05) is 10.0 Å². The van der Waals surface area contributed by atoms with Gasteiger partial charge in [-0.3, -0.25) is 0 Å². The third-order valence-electron chi connectivity index (χ3n) is 3.53. The van der Waals surface area contributed by atoms with Crippen LogP contribution < -0.4 is 18.9 Å². The summed E-state index contributed by atoms with van der Waals surface area (Å²) in [4.78, 5) is 12.4. The van der Waals surface area contributed by atoms with Crippen molar-refractivity contribution in [3.63, 3.8) is 0 Å². The second-order valence-electron chi connectivity index (χ2n) is 4.94. The smallest absolute Gasteiger partial charge is 0.342 e. The molecule has 7 heteroatoms. The first-order valence-electron chi connectivity index (χ1n) is 7.09. The number of halogens is 1. The van der Waals surface area contributed by atoms with Crippen LogP contribution in [0.1, 0.15) is 15.9 Å². The van der Waals surface area contributed by atoms with Gasteiger partial charge in [0.15, 0.2) is 11.5 Å². The first-order chi connectivity index (χ1) is 11.6. The van der Waals surface area contributed by atoms with Gasteiger partial charge in [-0.15, -0.1) is 0 Å². The standard InChI is InChI=1S/C17H15BrO6/c1-20-11-3-4-14(21-2)12(6-11)17(19)22-8-10-5-15-16(7-13(10)18)24-9-23-15/h3-7H,8-9H2,1-2H3. The molecule has 0 aliphatic carbocycles. The van der Waals surface area contributed by atoms with Crippen LogP contribution in [-0.2, 0) is 11.3 Å². The summed E-state index contributed by atoms with van der Waals surface area (Å²) in [6.07, 6.45) is 0. The Labute approximate surface area is 147 Å². The molecule has 0 bridgehead atoms. The molecular weight excluding hydrogens is 380 g/mol. The maximum atomic E-state index is 12.4. The van der Waals surface area contributed by atoms with Crippen molar-refractivity contribution in [1.82, 2.24) is 0 Å². The monoisotopic (exact) mass is 394 g/mol. The van der Waals surface area contributed by atoms with E-state index in [0.717, 1.165) is 10.0 Å². The van der Waals surface area contributed by atoms with Crippen LogP contribution in [0.25, 0.3) is 0 Å². The van der Waals surface area contributed by atoms with Gasteiger partial charge in [-0.05, 0) is 30.3 Å². The maximum Gasteiger partial charge on any atom is 0.342 e. The molecule has 126 valence electrons. The quantitative estimate of drug-likeness (QED) is 0.722. The largest absolute Gasteiger partial charge is 0.497 e. The number of benzene rings is 2. The first-order valence-corrected chi connectivity index (χ1v) is 7.89. The average molecular weight is 395 g/mol. The van der Waals surface area contributed by atoms with E-state index >= 15 is 0 Å². The minimum absolute atomic E-state index is 0.0798. The van der Waals surface area contributed by atoms with Gasteiger partial charge in [-0.1, -0.05) is 15.9 Å². The number of fused-ring (bicyclic) bond motifs is 1. The Morgan fingerprint density at radius 2 is 1.88 bits per heavy atom. The van der Waals surface area contributed by atoms with Crippen LogP contribution in [0.5, 0.6) is 23.0 Å². The van der Waals surface area contributed by atoms with E-state index in [0.29, 0.717) is 28.6 Å². The topological polar surface area (TPSA) is 63.2 Å². The first kappa shape index (κ1) is 16.4. The predicted octanol–water partition coefficient (Wildman–Crippen LogP) is 3.55. The lowest BCUT2D eigenvalue weighted by atomic mass is 10.2. The average Bonchev–Trinajstić information content (AvgIpc) is 3.05. The van der Waals surface area contributed by atoms with Crippen molar-refractivity contribution in [1.29, 1.82) is 0 Å². The minimum atomic E-state index is -0.504. The van der Waals surface area contributed by atoms with Gasteiger partial charge in [-0.2, -0.15) is 0 Å². The fourth-order valence-electron chi connectivity index (χ4n) is 2.26. The normalized spacial score (nSPS) is 12.0. The molecule has 0 aromatic heterocycles. The molecule has 0 unspecified atom stereocenters. The molecule has 0 saturated carbocycles. The van der Waals surface area contributed by atoms with Crippen LogP contribution >= 0.6 is 15.9 Å². The second kappa shape index (κ2) is 7.00. The number of hydrogen-bond donors (Lipinski definition) is 0. The highest BCUT2D eigenvalue weighted by atomic mass is 79.9. The number of carbonyl (C=O) groups is 1. The zero-order valence-corrected chi connectivity index (χ0v) is 14.7. The third kappa shape index (κ3) is 3.26. The van der Waals surface area contributed by atoms with E-state index in [-0.39, 0.29) is 13.4 Å². The Hall–Kier alpha value is -2.41. The molecule has 6 nitrogen and oxygen atoms in total. The van der Waals surface area contributed by atoms with E-state index in [9.17, 15) is 4.79 Å². The fraction of sp³-hybridized carbons (Fsp3) is 0.235. The number of esters is 1. The molecule has 1 aliphatic rings. The predicted molar refractivity (Wildman–Crippen MR) is 88.9 cm³/mol. The number of carbonyl (C=O) groups excluding carboxylic acids is 1. The van der Waals surface area contributed by atoms with Gasteiger partial charge in [-0.25, -0.2) is 4.79 Å². The SMILES string of the molecule is COc1ccc(OC)c(C(=O)OCc2cc3c(cc2Br)OCO3)c1. The summed E-state index contributed by atoms with van der Waals surface area (Å²) in [6.45, 7) is 0.266. The number of methoxy groups -OCH3 is 2. The van der Waals surface area contributed by atoms with Gasteiger partial charge >= 0.3 is 5.97 Å². The minimum Gasteiger partial charge on any atom is -0.497 e. The molecule has 2 aromatic rings. The molecule has 24 heavy (non-hydrogen) atoms. The third-order valence-corrected chi connectivity index (χ3v) is 4.27. The highest BCUT2D eigenvalue weighted by Gasteiger charge is 2.19. The van der Waals surface area contributed by atoms with E-state index < -0.39 is 5.97 Å². The van der Waals surface area contributed by atoms with Crippen molar-refractivity contribution in [2.45, 2.75) is 6.61 Å². The highest BCUT2D eigenvalue weighted by molar-refractivity contribution is 9.10. The summed E-state index contributed by atoms with van der Waals surface area (Å²) in [5.41, 5.74) is 1.07. The molecule has 2 aromatic carbocycles. The Bertz CT molecular complexity index is 774. The van der Waals surface area contributed by atoms with Crippen molar-refractivity contribution < 1.29 is 28.5 Å². The Balaban J connectivity index is 1.76. The lowest BCUT2D eigenvalue weighted by Crippen LogP contribution is -2.08. The molecule has 1 aliphatic heterocycles. The van der Waals surface area contributed by atoms with Gasteiger partial charge in [0.25, 0.3) is 0 Å². The van der Waals surface area contributed by atoms with Gasteiger partial charge in [0.05, 0.1) is 14.2 Å². The molecule has 0 fully saturated rings. The van der Waals surface area contributed by atoms with Crippen molar-refractivity contribution in [2.75, 3.05) is 21.0 Å². The summed E-state index contributed by atoms with van der Waals surface area (Å²) in [7, 11) is 3.02. The molecule has 0 radical (unpaired) electrons. The van der Waals surface area contributed by atoms with Crippen LogP contribution in [0.4, 0.5) is 0 Å². The van der Waals surface area contributed by atoms with Crippen LogP contribution in [0, 0.1) is 0 Å². The number of rotatable bonds is 5. The lowest BCUT2D eigenvalue weighted by Gasteiger charge is -2.11. The van der Waals surface area contributed by atoms with Crippen LogP contribution in [-0.4, -0.2) is 27.0 Å². The molecular formula is C17H15BrO6. The Morgan fingerprint density at radius 1 is 1.12 bits per heavy atom. The Morgan fingerprint density at radius 3 is 2.58 bits per heavy atom. The van der Waals surface area contributed by atoms with E-state index in [1.165, 1.54) is 14.2 Å². The van der Waals surface area contributed by atoms with Crippen molar-refractivity contribution >= 4 is 21.9 Å². The summed E-state index contributed by atoms with van der Waals surface area (Å²) < 4.78 is 27.1. The van der Waals surface area contributed by atoms with E-state index in [4.69, 9.17) is 23.7 Å². The maximum absolute atomic E-state index is 12.4. The van der Waals surface area contributed by atoms with Gasteiger partial charge in [0.1, 0.15) is 23.7 Å². The van der Waals surface area contributed by atoms with Crippen molar-refractivity contribution in [2.24, 2.45) is 0 Å².